The molecule has 12 heteroatoms. The molecule has 3 aromatic rings. The molecule has 1 fully saturated rings. The summed E-state index contributed by atoms with van der Waals surface area (Å²) >= 11 is 6.69. The molecule has 1 saturated heterocycles. The van der Waals surface area contributed by atoms with E-state index in [1.54, 1.807) is 43.5 Å². The number of hydrogen-bond acceptors (Lipinski definition) is 9. The van der Waals surface area contributed by atoms with E-state index < -0.39 is 10.8 Å². The molecule has 212 valence electrons. The number of methoxy groups -OCH3 is 1. The molecule has 41 heavy (non-hydrogen) atoms. The van der Waals surface area contributed by atoms with Gasteiger partial charge < -0.3 is 19.7 Å². The number of thiocarbonyl (C=S) groups is 1. The van der Waals surface area contributed by atoms with Gasteiger partial charge in [-0.25, -0.2) is 0 Å². The van der Waals surface area contributed by atoms with Gasteiger partial charge in [0.05, 0.1) is 22.6 Å². The van der Waals surface area contributed by atoms with Crippen molar-refractivity contribution >= 4 is 68.9 Å². The molecule has 1 aliphatic heterocycles. The molecule has 0 aromatic heterocycles. The van der Waals surface area contributed by atoms with E-state index >= 15 is 0 Å². The number of non-ortho nitro benzene ring substituents is 1. The standard InChI is InChI=1S/C29H28N4O6S2/c1-4-31(5-2)22-10-9-19(15-26-28(35)32(29(40)41-26)21-11-13-24(38-3)14-12-21)25(17-22)39-18-27(34)30-20-7-6-8-23(16-20)33(36)37/h6-17H,4-5,18H2,1-3H3,(H,30,34)/b26-15-. The van der Waals surface area contributed by atoms with Gasteiger partial charge in [-0.3, -0.25) is 24.6 Å². The van der Waals surface area contributed by atoms with Crippen molar-refractivity contribution in [2.45, 2.75) is 13.8 Å². The Bertz CT molecular complexity index is 1510. The summed E-state index contributed by atoms with van der Waals surface area (Å²) in [6, 6.07) is 18.3. The van der Waals surface area contributed by atoms with Gasteiger partial charge in [0.25, 0.3) is 17.5 Å². The molecule has 0 atom stereocenters. The molecule has 0 saturated carbocycles. The van der Waals surface area contributed by atoms with Gasteiger partial charge in [-0.15, -0.1) is 0 Å². The summed E-state index contributed by atoms with van der Waals surface area (Å²) in [4.78, 5) is 40.5. The molecule has 4 rings (SSSR count). The highest BCUT2D eigenvalue weighted by Crippen LogP contribution is 2.38. The Morgan fingerprint density at radius 1 is 1.12 bits per heavy atom. The number of hydrogen-bond donors (Lipinski definition) is 1. The molecule has 1 N–H and O–H groups in total. The van der Waals surface area contributed by atoms with Crippen LogP contribution >= 0.6 is 24.0 Å². The summed E-state index contributed by atoms with van der Waals surface area (Å²) in [5.41, 5.74) is 2.27. The third kappa shape index (κ3) is 7.02. The number of ether oxygens (including phenoxy) is 2. The lowest BCUT2D eigenvalue weighted by atomic mass is 10.1. The predicted molar refractivity (Wildman–Crippen MR) is 166 cm³/mol. The van der Waals surface area contributed by atoms with Crippen LogP contribution in [0.15, 0.2) is 71.6 Å². The average Bonchev–Trinajstić information content (AvgIpc) is 3.25. The van der Waals surface area contributed by atoms with Crippen molar-refractivity contribution in [3.8, 4) is 11.5 Å². The Hall–Kier alpha value is -4.42. The van der Waals surface area contributed by atoms with E-state index in [-0.39, 0.29) is 23.9 Å². The van der Waals surface area contributed by atoms with Crippen molar-refractivity contribution in [1.82, 2.24) is 0 Å². The van der Waals surface area contributed by atoms with E-state index in [1.807, 2.05) is 32.0 Å². The topological polar surface area (TPSA) is 114 Å². The molecule has 0 radical (unpaired) electrons. The summed E-state index contributed by atoms with van der Waals surface area (Å²) in [5, 5.41) is 13.7. The van der Waals surface area contributed by atoms with Crippen LogP contribution in [0.25, 0.3) is 6.08 Å². The first-order chi connectivity index (χ1) is 19.7. The molecule has 0 bridgehead atoms. The van der Waals surface area contributed by atoms with Crippen molar-refractivity contribution in [2.24, 2.45) is 0 Å². The molecule has 1 heterocycles. The largest absolute Gasteiger partial charge is 0.497 e. The smallest absolute Gasteiger partial charge is 0.271 e. The third-order valence-corrected chi connectivity index (χ3v) is 7.54. The van der Waals surface area contributed by atoms with Gasteiger partial charge in [-0.1, -0.05) is 30.0 Å². The monoisotopic (exact) mass is 592 g/mol. The molecule has 3 aromatic carbocycles. The number of thioether (sulfide) groups is 1. The van der Waals surface area contributed by atoms with Gasteiger partial charge in [0.2, 0.25) is 0 Å². The minimum atomic E-state index is -0.533. The second-order valence-corrected chi connectivity index (χ2v) is 10.4. The number of nitrogens with one attached hydrogen (secondary N) is 1. The number of amides is 2. The fourth-order valence-corrected chi connectivity index (χ4v) is 5.44. The first-order valence-corrected chi connectivity index (χ1v) is 13.9. The molecular formula is C29H28N4O6S2. The van der Waals surface area contributed by atoms with Gasteiger partial charge in [0, 0.05) is 48.2 Å². The number of benzene rings is 3. The summed E-state index contributed by atoms with van der Waals surface area (Å²) in [6.07, 6.45) is 1.70. The maximum absolute atomic E-state index is 13.4. The highest BCUT2D eigenvalue weighted by atomic mass is 32.2. The second kappa shape index (κ2) is 13.3. The number of nitro groups is 1. The third-order valence-electron chi connectivity index (χ3n) is 6.24. The van der Waals surface area contributed by atoms with Crippen molar-refractivity contribution < 1.29 is 24.0 Å². The maximum atomic E-state index is 13.4. The summed E-state index contributed by atoms with van der Waals surface area (Å²) in [5.74, 6) is 0.306. The van der Waals surface area contributed by atoms with E-state index in [0.717, 1.165) is 18.8 Å². The molecule has 2 amide bonds. The van der Waals surface area contributed by atoms with Crippen LogP contribution in [-0.4, -0.2) is 47.9 Å². The summed E-state index contributed by atoms with van der Waals surface area (Å²) < 4.78 is 11.5. The molecule has 0 unspecified atom stereocenters. The van der Waals surface area contributed by atoms with E-state index in [9.17, 15) is 19.7 Å². The minimum Gasteiger partial charge on any atom is -0.497 e. The zero-order valence-corrected chi connectivity index (χ0v) is 24.3. The van der Waals surface area contributed by atoms with Crippen molar-refractivity contribution in [2.75, 3.05) is 41.9 Å². The van der Waals surface area contributed by atoms with Gasteiger partial charge >= 0.3 is 0 Å². The molecule has 10 nitrogen and oxygen atoms in total. The molecule has 1 aliphatic rings. The second-order valence-electron chi connectivity index (χ2n) is 8.75. The minimum absolute atomic E-state index is 0.134. The number of carbonyl (C=O) groups is 2. The Balaban J connectivity index is 1.58. The van der Waals surface area contributed by atoms with Crippen LogP contribution in [-0.2, 0) is 9.59 Å². The Morgan fingerprint density at radius 3 is 2.51 bits per heavy atom. The van der Waals surface area contributed by atoms with Crippen LogP contribution in [0.1, 0.15) is 19.4 Å². The van der Waals surface area contributed by atoms with E-state index in [0.29, 0.717) is 32.0 Å². The van der Waals surface area contributed by atoms with E-state index in [4.69, 9.17) is 21.7 Å². The van der Waals surface area contributed by atoms with Crippen molar-refractivity contribution in [1.29, 1.82) is 0 Å². The highest BCUT2D eigenvalue weighted by molar-refractivity contribution is 8.27. The van der Waals surface area contributed by atoms with Crippen LogP contribution in [0, 0.1) is 10.1 Å². The number of nitro benzene ring substituents is 1. The summed E-state index contributed by atoms with van der Waals surface area (Å²) in [6.45, 7) is 5.26. The molecule has 0 spiro atoms. The number of nitrogens with zero attached hydrogens (tertiary/aromatic N) is 3. The lowest BCUT2D eigenvalue weighted by molar-refractivity contribution is -0.384. The number of rotatable bonds is 11. The summed E-state index contributed by atoms with van der Waals surface area (Å²) in [7, 11) is 1.57. The van der Waals surface area contributed by atoms with Gasteiger partial charge in [0.15, 0.2) is 10.9 Å². The van der Waals surface area contributed by atoms with Crippen LogP contribution in [0.3, 0.4) is 0 Å². The zero-order chi connectivity index (χ0) is 29.5. The Labute approximate surface area is 247 Å². The van der Waals surface area contributed by atoms with E-state index in [1.165, 1.54) is 34.9 Å². The quantitative estimate of drug-likeness (QED) is 0.126. The van der Waals surface area contributed by atoms with Gasteiger partial charge in [0.1, 0.15) is 11.5 Å². The first kappa shape index (κ1) is 29.6. The fraction of sp³-hybridized carbons (Fsp3) is 0.207. The van der Waals surface area contributed by atoms with Crippen LogP contribution in [0.4, 0.5) is 22.7 Å². The van der Waals surface area contributed by atoms with Gasteiger partial charge in [-0.2, -0.15) is 0 Å². The lowest BCUT2D eigenvalue weighted by Gasteiger charge is -2.22. The Kier molecular flexibility index (Phi) is 9.58. The average molecular weight is 593 g/mol. The fourth-order valence-electron chi connectivity index (χ4n) is 4.15. The van der Waals surface area contributed by atoms with Gasteiger partial charge in [-0.05, 0) is 62.4 Å². The molecule has 0 aliphatic carbocycles. The molecular weight excluding hydrogens is 564 g/mol. The van der Waals surface area contributed by atoms with Crippen LogP contribution in [0.2, 0.25) is 0 Å². The zero-order valence-electron chi connectivity index (χ0n) is 22.7. The number of anilines is 3. The van der Waals surface area contributed by atoms with Crippen LogP contribution in [0.5, 0.6) is 11.5 Å². The SMILES string of the molecule is CCN(CC)c1ccc(/C=C2\SC(=S)N(c3ccc(OC)cc3)C2=O)c(OCC(=O)Nc2cccc([N+](=O)[O-])c2)c1. The highest BCUT2D eigenvalue weighted by Gasteiger charge is 2.33. The number of carbonyl (C=O) groups excluding carboxylic acids is 2. The maximum Gasteiger partial charge on any atom is 0.271 e. The Morgan fingerprint density at radius 2 is 1.85 bits per heavy atom. The van der Waals surface area contributed by atoms with Crippen molar-refractivity contribution in [3.05, 3.63) is 87.3 Å². The first-order valence-electron chi connectivity index (χ1n) is 12.7. The van der Waals surface area contributed by atoms with E-state index in [2.05, 4.69) is 10.2 Å². The van der Waals surface area contributed by atoms with Crippen LogP contribution < -0.4 is 24.6 Å². The normalized spacial score (nSPS) is 13.8. The lowest BCUT2D eigenvalue weighted by Crippen LogP contribution is -2.27. The predicted octanol–water partition coefficient (Wildman–Crippen LogP) is 5.87. The van der Waals surface area contributed by atoms with Crippen molar-refractivity contribution in [3.63, 3.8) is 0 Å².